The normalized spacial score (nSPS) is 10.4. The van der Waals surface area contributed by atoms with Gasteiger partial charge >= 0.3 is 11.9 Å². The number of rotatable bonds is 4. The quantitative estimate of drug-likeness (QED) is 0.337. The van der Waals surface area contributed by atoms with Gasteiger partial charge in [-0.15, -0.1) is 0 Å². The van der Waals surface area contributed by atoms with Crippen LogP contribution in [0.25, 0.3) is 11.1 Å². The molecule has 0 aliphatic carbocycles. The Morgan fingerprint density at radius 1 is 0.741 bits per heavy atom. The van der Waals surface area contributed by atoms with Crippen LogP contribution in [-0.2, 0) is 9.47 Å². The Hall–Kier alpha value is -3.82. The molecule has 2 aromatic rings. The number of hydrogen-bond acceptors (Lipinski definition) is 10. The third-order valence-corrected chi connectivity index (χ3v) is 3.69. The Kier molecular flexibility index (Phi) is 5.20. The van der Waals surface area contributed by atoms with Crippen molar-refractivity contribution in [3.63, 3.8) is 0 Å². The Bertz CT molecular complexity index is 932. The molecule has 27 heavy (non-hydrogen) atoms. The van der Waals surface area contributed by atoms with Crippen LogP contribution in [0, 0.1) is 0 Å². The van der Waals surface area contributed by atoms with Crippen molar-refractivity contribution in [1.82, 2.24) is 0 Å². The first-order chi connectivity index (χ1) is 12.6. The Morgan fingerprint density at radius 3 is 1.52 bits per heavy atom. The molecule has 0 saturated heterocycles. The summed E-state index contributed by atoms with van der Waals surface area (Å²) in [6, 6.07) is 1.73. The molecule has 0 radical (unpaired) electrons. The van der Waals surface area contributed by atoms with E-state index in [9.17, 15) is 40.2 Å². The van der Waals surface area contributed by atoms with Crippen molar-refractivity contribution in [1.29, 1.82) is 0 Å². The van der Waals surface area contributed by atoms with E-state index in [-0.39, 0.29) is 6.61 Å². The molecule has 0 aliphatic rings. The molecule has 0 amide bonds. The second kappa shape index (κ2) is 7.20. The van der Waals surface area contributed by atoms with Gasteiger partial charge in [0.25, 0.3) is 0 Å². The zero-order chi connectivity index (χ0) is 20.5. The van der Waals surface area contributed by atoms with E-state index in [1.165, 1.54) is 6.92 Å². The minimum Gasteiger partial charge on any atom is -0.504 e. The SMILES string of the molecule is CCOC(=O)c1cc(-c2cc(C(=O)OC)c(O)c(O)c2O)c(O)c(O)c1O. The van der Waals surface area contributed by atoms with E-state index in [0.717, 1.165) is 19.2 Å². The largest absolute Gasteiger partial charge is 0.504 e. The van der Waals surface area contributed by atoms with Gasteiger partial charge in [0.1, 0.15) is 11.1 Å². The number of hydrogen-bond donors (Lipinski definition) is 6. The van der Waals surface area contributed by atoms with Crippen molar-refractivity contribution in [2.45, 2.75) is 6.92 Å². The van der Waals surface area contributed by atoms with Gasteiger partial charge in [-0.25, -0.2) is 9.59 Å². The molecule has 0 unspecified atom stereocenters. The molecule has 0 bridgehead atoms. The number of carbonyl (C=O) groups excluding carboxylic acids is 2. The highest BCUT2D eigenvalue weighted by Crippen LogP contribution is 2.51. The fraction of sp³-hybridized carbons (Fsp3) is 0.176. The van der Waals surface area contributed by atoms with Crippen molar-refractivity contribution >= 4 is 11.9 Å². The van der Waals surface area contributed by atoms with Gasteiger partial charge in [-0.2, -0.15) is 0 Å². The van der Waals surface area contributed by atoms with E-state index in [4.69, 9.17) is 4.74 Å². The van der Waals surface area contributed by atoms with E-state index < -0.39 is 68.7 Å². The molecule has 10 heteroatoms. The summed E-state index contributed by atoms with van der Waals surface area (Å²) < 4.78 is 9.18. The molecule has 0 saturated carbocycles. The fourth-order valence-corrected chi connectivity index (χ4v) is 2.34. The molecule has 6 N–H and O–H groups in total. The van der Waals surface area contributed by atoms with E-state index in [1.54, 1.807) is 0 Å². The lowest BCUT2D eigenvalue weighted by Gasteiger charge is -2.15. The van der Waals surface area contributed by atoms with Gasteiger partial charge in [0, 0.05) is 11.1 Å². The second-order valence-corrected chi connectivity index (χ2v) is 5.25. The van der Waals surface area contributed by atoms with Crippen LogP contribution in [0.3, 0.4) is 0 Å². The van der Waals surface area contributed by atoms with E-state index >= 15 is 0 Å². The lowest BCUT2D eigenvalue weighted by molar-refractivity contribution is 0.0521. The number of aromatic hydroxyl groups is 6. The summed E-state index contributed by atoms with van der Waals surface area (Å²) in [6.45, 7) is 1.45. The molecule has 2 rings (SSSR count). The maximum atomic E-state index is 11.9. The van der Waals surface area contributed by atoms with Gasteiger partial charge in [0.2, 0.25) is 11.5 Å². The number of ether oxygens (including phenoxy) is 2. The second-order valence-electron chi connectivity index (χ2n) is 5.25. The first kappa shape index (κ1) is 19.5. The van der Waals surface area contributed by atoms with Gasteiger partial charge in [0.15, 0.2) is 23.0 Å². The van der Waals surface area contributed by atoms with Crippen LogP contribution in [0.15, 0.2) is 12.1 Å². The third-order valence-electron chi connectivity index (χ3n) is 3.69. The molecule has 0 fully saturated rings. The van der Waals surface area contributed by atoms with Crippen LogP contribution in [0.5, 0.6) is 34.5 Å². The minimum absolute atomic E-state index is 0.0486. The lowest BCUT2D eigenvalue weighted by atomic mass is 9.96. The monoisotopic (exact) mass is 380 g/mol. The topological polar surface area (TPSA) is 174 Å². The molecule has 0 heterocycles. The van der Waals surface area contributed by atoms with Crippen LogP contribution in [0.1, 0.15) is 27.6 Å². The summed E-state index contributed by atoms with van der Waals surface area (Å²) in [5.74, 6) is -8.17. The smallest absolute Gasteiger partial charge is 0.342 e. The summed E-state index contributed by atoms with van der Waals surface area (Å²) in [7, 11) is 1.01. The van der Waals surface area contributed by atoms with Crippen LogP contribution in [0.2, 0.25) is 0 Å². The Labute approximate surface area is 152 Å². The molecule has 0 aliphatic heterocycles. The summed E-state index contributed by atoms with van der Waals surface area (Å²) in [5, 5.41) is 59.6. The van der Waals surface area contributed by atoms with Crippen LogP contribution < -0.4 is 0 Å². The van der Waals surface area contributed by atoms with Crippen LogP contribution in [-0.4, -0.2) is 56.3 Å². The molecule has 0 aromatic heterocycles. The zero-order valence-corrected chi connectivity index (χ0v) is 14.2. The number of methoxy groups -OCH3 is 1. The van der Waals surface area contributed by atoms with Gasteiger partial charge in [-0.3, -0.25) is 0 Å². The lowest BCUT2D eigenvalue weighted by Crippen LogP contribution is -2.06. The van der Waals surface area contributed by atoms with Crippen molar-refractivity contribution in [3.05, 3.63) is 23.3 Å². The highest BCUT2D eigenvalue weighted by molar-refractivity contribution is 6.00. The first-order valence-corrected chi connectivity index (χ1v) is 7.47. The molecule has 0 atom stereocenters. The summed E-state index contributed by atoms with van der Waals surface area (Å²) >= 11 is 0. The average Bonchev–Trinajstić information content (AvgIpc) is 2.65. The van der Waals surface area contributed by atoms with Crippen molar-refractivity contribution < 1.29 is 49.7 Å². The predicted molar refractivity (Wildman–Crippen MR) is 89.2 cm³/mol. The standard InChI is InChI=1S/C17H16O10/c1-3-27-17(25)9-5-7(11(19)15(23)13(9)21)6-4-8(16(24)26-2)12(20)14(22)10(6)18/h4-5,18-23H,3H2,1-2H3. The van der Waals surface area contributed by atoms with Gasteiger partial charge in [0.05, 0.1) is 13.7 Å². The minimum atomic E-state index is -1.10. The molecule has 144 valence electrons. The number of esters is 2. The third kappa shape index (κ3) is 3.19. The molecule has 10 nitrogen and oxygen atoms in total. The summed E-state index contributed by atoms with van der Waals surface area (Å²) in [5.41, 5.74) is -1.99. The maximum absolute atomic E-state index is 11.9. The van der Waals surface area contributed by atoms with Crippen LogP contribution >= 0.6 is 0 Å². The Balaban J connectivity index is 2.84. The van der Waals surface area contributed by atoms with Crippen molar-refractivity contribution in [2.24, 2.45) is 0 Å². The highest BCUT2D eigenvalue weighted by Gasteiger charge is 2.28. The number of phenols is 6. The number of benzene rings is 2. The zero-order valence-electron chi connectivity index (χ0n) is 14.2. The van der Waals surface area contributed by atoms with Gasteiger partial charge < -0.3 is 40.1 Å². The maximum Gasteiger partial charge on any atom is 0.342 e. The van der Waals surface area contributed by atoms with Crippen molar-refractivity contribution in [3.8, 4) is 45.6 Å². The fourth-order valence-electron chi connectivity index (χ4n) is 2.34. The van der Waals surface area contributed by atoms with E-state index in [1.807, 2.05) is 0 Å². The van der Waals surface area contributed by atoms with Crippen molar-refractivity contribution in [2.75, 3.05) is 13.7 Å². The first-order valence-electron chi connectivity index (χ1n) is 7.47. The number of carbonyl (C=O) groups is 2. The molecule has 2 aromatic carbocycles. The highest BCUT2D eigenvalue weighted by atomic mass is 16.5. The predicted octanol–water partition coefficient (Wildman–Crippen LogP) is 1.55. The van der Waals surface area contributed by atoms with Gasteiger partial charge in [-0.1, -0.05) is 0 Å². The summed E-state index contributed by atoms with van der Waals surface area (Å²) in [4.78, 5) is 23.7. The Morgan fingerprint density at radius 2 is 1.15 bits per heavy atom. The van der Waals surface area contributed by atoms with E-state index in [0.29, 0.717) is 0 Å². The van der Waals surface area contributed by atoms with Crippen LogP contribution in [0.4, 0.5) is 0 Å². The summed E-state index contributed by atoms with van der Waals surface area (Å²) in [6.07, 6.45) is 0. The molecular weight excluding hydrogens is 364 g/mol. The van der Waals surface area contributed by atoms with Gasteiger partial charge in [-0.05, 0) is 19.1 Å². The number of phenolic OH excluding ortho intramolecular Hbond substituents is 6. The molecule has 0 spiro atoms. The molecular formula is C17H16O10. The van der Waals surface area contributed by atoms with E-state index in [2.05, 4.69) is 4.74 Å². The average molecular weight is 380 g/mol.